The molecular weight excluding hydrogens is 416 g/mol. The molecule has 2 unspecified atom stereocenters. The van der Waals surface area contributed by atoms with Crippen molar-refractivity contribution in [1.29, 1.82) is 0 Å². The van der Waals surface area contributed by atoms with E-state index in [1.165, 1.54) is 70.6 Å². The molecule has 0 bridgehead atoms. The van der Waals surface area contributed by atoms with Gasteiger partial charge in [0.15, 0.2) is 0 Å². The van der Waals surface area contributed by atoms with E-state index in [0.29, 0.717) is 0 Å². The van der Waals surface area contributed by atoms with Crippen LogP contribution in [0.4, 0.5) is 0 Å². The lowest BCUT2D eigenvalue weighted by Gasteiger charge is -2.27. The van der Waals surface area contributed by atoms with E-state index in [1.807, 2.05) is 0 Å². The Morgan fingerprint density at radius 1 is 0.412 bits per heavy atom. The van der Waals surface area contributed by atoms with Gasteiger partial charge in [-0.2, -0.15) is 0 Å². The van der Waals surface area contributed by atoms with Gasteiger partial charge in [0, 0.05) is 5.92 Å². The standard InChI is InChI=1S/C32H60O2/c1-4-7-10-13-16-19-22-25-28-31(33)30(27-24-21-18-15-12-9-6-3)32(34)29-26-23-20-17-14-11-8-5-2/h16-21,30-34H,4-15,22-29H2,1-3H3/b19-16-,20-17-,21-18-. The first-order valence-electron chi connectivity index (χ1n) is 15.0. The SMILES string of the molecule is CCCCC/C=C\CCCC(O)C(CC/C=C\CCCCC)C(O)CCC/C=C\CCCCC. The summed E-state index contributed by atoms with van der Waals surface area (Å²) < 4.78 is 0. The summed E-state index contributed by atoms with van der Waals surface area (Å²) in [5.74, 6) is -0.0117. The van der Waals surface area contributed by atoms with Crippen LogP contribution in [0.3, 0.4) is 0 Å². The van der Waals surface area contributed by atoms with Gasteiger partial charge in [-0.1, -0.05) is 95.8 Å². The van der Waals surface area contributed by atoms with E-state index in [2.05, 4.69) is 57.2 Å². The Hall–Kier alpha value is -0.860. The molecule has 0 saturated heterocycles. The maximum atomic E-state index is 10.9. The molecule has 0 spiro atoms. The largest absolute Gasteiger partial charge is 0.393 e. The summed E-state index contributed by atoms with van der Waals surface area (Å²) in [4.78, 5) is 0. The monoisotopic (exact) mass is 476 g/mol. The Morgan fingerprint density at radius 3 is 1.09 bits per heavy atom. The molecule has 0 fully saturated rings. The Kier molecular flexibility index (Phi) is 26.1. The van der Waals surface area contributed by atoms with Crippen LogP contribution in [0.5, 0.6) is 0 Å². The Bertz CT molecular complexity index is 447. The first kappa shape index (κ1) is 33.1. The van der Waals surface area contributed by atoms with Crippen molar-refractivity contribution in [1.82, 2.24) is 0 Å². The molecular formula is C32H60O2. The van der Waals surface area contributed by atoms with E-state index in [0.717, 1.165) is 57.8 Å². The summed E-state index contributed by atoms with van der Waals surface area (Å²) >= 11 is 0. The fourth-order valence-electron chi connectivity index (χ4n) is 4.49. The minimum Gasteiger partial charge on any atom is -0.393 e. The van der Waals surface area contributed by atoms with Crippen LogP contribution in [0.1, 0.15) is 149 Å². The quantitative estimate of drug-likeness (QED) is 0.102. The third kappa shape index (κ3) is 21.7. The molecule has 0 radical (unpaired) electrons. The van der Waals surface area contributed by atoms with E-state index < -0.39 is 12.2 Å². The van der Waals surface area contributed by atoms with Gasteiger partial charge in [0.05, 0.1) is 12.2 Å². The maximum absolute atomic E-state index is 10.9. The third-order valence-electron chi connectivity index (χ3n) is 6.82. The Labute approximate surface area is 214 Å². The predicted octanol–water partition coefficient (Wildman–Crippen LogP) is 9.85. The summed E-state index contributed by atoms with van der Waals surface area (Å²) in [7, 11) is 0. The van der Waals surface area contributed by atoms with Gasteiger partial charge in [-0.25, -0.2) is 0 Å². The summed E-state index contributed by atoms with van der Waals surface area (Å²) in [5.41, 5.74) is 0. The molecule has 0 rings (SSSR count). The van der Waals surface area contributed by atoms with Crippen LogP contribution >= 0.6 is 0 Å². The Morgan fingerprint density at radius 2 is 0.735 bits per heavy atom. The number of hydrogen-bond acceptors (Lipinski definition) is 2. The molecule has 0 aliphatic carbocycles. The van der Waals surface area contributed by atoms with E-state index >= 15 is 0 Å². The normalized spacial score (nSPS) is 15.1. The molecule has 0 amide bonds. The molecule has 2 N–H and O–H groups in total. The highest BCUT2D eigenvalue weighted by Crippen LogP contribution is 2.24. The summed E-state index contributed by atoms with van der Waals surface area (Å²) in [6, 6.07) is 0. The number of unbranched alkanes of at least 4 members (excludes halogenated alkanes) is 11. The van der Waals surface area contributed by atoms with Crippen molar-refractivity contribution < 1.29 is 10.2 Å². The van der Waals surface area contributed by atoms with Gasteiger partial charge < -0.3 is 10.2 Å². The molecule has 0 heterocycles. The zero-order valence-electron chi connectivity index (χ0n) is 23.2. The van der Waals surface area contributed by atoms with Crippen molar-refractivity contribution >= 4 is 0 Å². The summed E-state index contributed by atoms with van der Waals surface area (Å²) in [6.45, 7) is 6.72. The van der Waals surface area contributed by atoms with Crippen LogP contribution in [0.25, 0.3) is 0 Å². The van der Waals surface area contributed by atoms with Crippen molar-refractivity contribution in [2.45, 2.75) is 161 Å². The molecule has 0 saturated carbocycles. The third-order valence-corrected chi connectivity index (χ3v) is 6.82. The number of hydrogen-bond donors (Lipinski definition) is 2. The molecule has 0 aromatic heterocycles. The zero-order chi connectivity index (χ0) is 25.1. The van der Waals surface area contributed by atoms with Crippen molar-refractivity contribution in [3.8, 4) is 0 Å². The van der Waals surface area contributed by atoms with Crippen LogP contribution in [0.15, 0.2) is 36.5 Å². The smallest absolute Gasteiger partial charge is 0.0593 e. The van der Waals surface area contributed by atoms with E-state index in [1.54, 1.807) is 0 Å². The minimum atomic E-state index is -0.401. The second kappa shape index (κ2) is 26.7. The zero-order valence-corrected chi connectivity index (χ0v) is 23.2. The summed E-state index contributed by atoms with van der Waals surface area (Å²) in [6.07, 6.45) is 35.4. The number of allylic oxidation sites excluding steroid dienone is 6. The van der Waals surface area contributed by atoms with Crippen molar-refractivity contribution in [2.24, 2.45) is 5.92 Å². The molecule has 2 nitrogen and oxygen atoms in total. The first-order chi connectivity index (χ1) is 16.7. The highest BCUT2D eigenvalue weighted by atomic mass is 16.3. The fraction of sp³-hybridized carbons (Fsp3) is 0.812. The van der Waals surface area contributed by atoms with Crippen molar-refractivity contribution in [3.05, 3.63) is 36.5 Å². The lowest BCUT2D eigenvalue weighted by atomic mass is 9.86. The van der Waals surface area contributed by atoms with Crippen LogP contribution in [-0.4, -0.2) is 22.4 Å². The van der Waals surface area contributed by atoms with Crippen LogP contribution in [-0.2, 0) is 0 Å². The van der Waals surface area contributed by atoms with Crippen molar-refractivity contribution in [3.63, 3.8) is 0 Å². The number of aliphatic hydroxyl groups excluding tert-OH is 2. The second-order valence-electron chi connectivity index (χ2n) is 10.1. The van der Waals surface area contributed by atoms with Gasteiger partial charge >= 0.3 is 0 Å². The minimum absolute atomic E-state index is 0.0117. The van der Waals surface area contributed by atoms with E-state index in [4.69, 9.17) is 0 Å². The number of rotatable bonds is 25. The average molecular weight is 477 g/mol. The molecule has 0 aromatic rings. The molecule has 2 heteroatoms. The molecule has 200 valence electrons. The second-order valence-corrected chi connectivity index (χ2v) is 10.1. The average Bonchev–Trinajstić information content (AvgIpc) is 2.84. The lowest BCUT2D eigenvalue weighted by molar-refractivity contribution is -0.000828. The van der Waals surface area contributed by atoms with Crippen LogP contribution in [0, 0.1) is 5.92 Å². The molecule has 34 heavy (non-hydrogen) atoms. The maximum Gasteiger partial charge on any atom is 0.0593 e. The van der Waals surface area contributed by atoms with Gasteiger partial charge in [-0.15, -0.1) is 0 Å². The van der Waals surface area contributed by atoms with Crippen LogP contribution < -0.4 is 0 Å². The molecule has 2 atom stereocenters. The predicted molar refractivity (Wildman–Crippen MR) is 152 cm³/mol. The van der Waals surface area contributed by atoms with Gasteiger partial charge in [0.25, 0.3) is 0 Å². The topological polar surface area (TPSA) is 40.5 Å². The van der Waals surface area contributed by atoms with Gasteiger partial charge in [-0.05, 0) is 89.9 Å². The van der Waals surface area contributed by atoms with Crippen LogP contribution in [0.2, 0.25) is 0 Å². The van der Waals surface area contributed by atoms with E-state index in [9.17, 15) is 10.2 Å². The van der Waals surface area contributed by atoms with Crippen molar-refractivity contribution in [2.75, 3.05) is 0 Å². The van der Waals surface area contributed by atoms with Gasteiger partial charge in [-0.3, -0.25) is 0 Å². The highest BCUT2D eigenvalue weighted by Gasteiger charge is 2.25. The molecule has 0 aliphatic heterocycles. The first-order valence-corrected chi connectivity index (χ1v) is 15.0. The van der Waals surface area contributed by atoms with Gasteiger partial charge in [0.2, 0.25) is 0 Å². The van der Waals surface area contributed by atoms with Gasteiger partial charge in [0.1, 0.15) is 0 Å². The summed E-state index contributed by atoms with van der Waals surface area (Å²) in [5, 5.41) is 21.9. The molecule has 0 aliphatic rings. The van der Waals surface area contributed by atoms with E-state index in [-0.39, 0.29) is 5.92 Å². The lowest BCUT2D eigenvalue weighted by Crippen LogP contribution is -2.32. The highest BCUT2D eigenvalue weighted by molar-refractivity contribution is 4.87. The Balaban J connectivity index is 4.44. The number of aliphatic hydroxyl groups is 2. The molecule has 0 aromatic carbocycles. The fourth-order valence-corrected chi connectivity index (χ4v) is 4.49.